The van der Waals surface area contributed by atoms with Crippen LogP contribution in [0.25, 0.3) is 16.2 Å². The summed E-state index contributed by atoms with van der Waals surface area (Å²) < 4.78 is 1.55. The summed E-state index contributed by atoms with van der Waals surface area (Å²) >= 11 is 1.32. The molecule has 0 saturated carbocycles. The summed E-state index contributed by atoms with van der Waals surface area (Å²) in [4.78, 5) is 47.5. The number of carbonyl (C=O) groups is 2. The Morgan fingerprint density at radius 2 is 2.07 bits per heavy atom. The summed E-state index contributed by atoms with van der Waals surface area (Å²) in [7, 11) is 0. The van der Waals surface area contributed by atoms with Crippen LogP contribution in [0.3, 0.4) is 0 Å². The zero-order chi connectivity index (χ0) is 21.6. The highest BCUT2D eigenvalue weighted by atomic mass is 32.1. The number of nitrogens with one attached hydrogen (secondary N) is 1. The van der Waals surface area contributed by atoms with Gasteiger partial charge in [-0.25, -0.2) is 14.8 Å². The van der Waals surface area contributed by atoms with Crippen LogP contribution in [0.2, 0.25) is 0 Å². The van der Waals surface area contributed by atoms with Gasteiger partial charge in [-0.2, -0.15) is 0 Å². The lowest BCUT2D eigenvalue weighted by Crippen LogP contribution is -2.55. The van der Waals surface area contributed by atoms with E-state index in [4.69, 9.17) is 0 Å². The molecule has 4 heterocycles. The lowest BCUT2D eigenvalue weighted by atomic mass is 9.98. The van der Waals surface area contributed by atoms with Gasteiger partial charge in [0.1, 0.15) is 11.4 Å². The van der Waals surface area contributed by atoms with Gasteiger partial charge >= 0.3 is 5.97 Å². The van der Waals surface area contributed by atoms with Crippen LogP contribution in [0.5, 0.6) is 0 Å². The fourth-order valence-electron chi connectivity index (χ4n) is 3.51. The lowest BCUT2D eigenvalue weighted by Gasteiger charge is -2.39. The second-order valence-corrected chi connectivity index (χ2v) is 8.50. The maximum absolute atomic E-state index is 12.8. The number of fused-ring (bicyclic) bond motifs is 1. The summed E-state index contributed by atoms with van der Waals surface area (Å²) in [6.07, 6.45) is 2.88. The van der Waals surface area contributed by atoms with Crippen molar-refractivity contribution in [3.05, 3.63) is 45.2 Å². The summed E-state index contributed by atoms with van der Waals surface area (Å²) in [5, 5.41) is 14.9. The average molecular weight is 427 g/mol. The van der Waals surface area contributed by atoms with Crippen LogP contribution in [0, 0.1) is 12.8 Å². The first kappa shape index (κ1) is 20.0. The Hall–Kier alpha value is -3.27. The molecule has 0 aromatic carbocycles. The predicted octanol–water partition coefficient (Wildman–Crippen LogP) is 1.81. The second kappa shape index (κ2) is 7.52. The Kier molecular flexibility index (Phi) is 5.02. The molecule has 3 aromatic rings. The number of thiazole rings is 1. The largest absolute Gasteiger partial charge is 0.477 e. The van der Waals surface area contributed by atoms with Gasteiger partial charge in [0, 0.05) is 36.9 Å². The molecule has 1 aliphatic heterocycles. The number of hydrogen-bond donors (Lipinski definition) is 2. The average Bonchev–Trinajstić information content (AvgIpc) is 3.13. The predicted molar refractivity (Wildman–Crippen MR) is 114 cm³/mol. The highest BCUT2D eigenvalue weighted by molar-refractivity contribution is 7.12. The third kappa shape index (κ3) is 3.43. The smallest absolute Gasteiger partial charge is 0.341 e. The molecule has 0 spiro atoms. The number of aromatic nitrogens is 3. The molecule has 0 radical (unpaired) electrons. The summed E-state index contributed by atoms with van der Waals surface area (Å²) in [6.45, 7) is 6.67. The molecule has 1 saturated heterocycles. The normalized spacial score (nSPS) is 14.2. The van der Waals surface area contributed by atoms with Crippen molar-refractivity contribution in [3.8, 4) is 5.13 Å². The van der Waals surface area contributed by atoms with Gasteiger partial charge in [0.2, 0.25) is 11.3 Å². The van der Waals surface area contributed by atoms with Crippen LogP contribution in [0.4, 0.5) is 5.82 Å². The van der Waals surface area contributed by atoms with E-state index in [9.17, 15) is 19.5 Å². The van der Waals surface area contributed by atoms with Gasteiger partial charge in [-0.1, -0.05) is 0 Å². The number of pyridine rings is 2. The first-order valence-electron chi connectivity index (χ1n) is 9.51. The fourth-order valence-corrected chi connectivity index (χ4v) is 4.12. The number of hydrogen-bond acceptors (Lipinski definition) is 7. The van der Waals surface area contributed by atoms with Gasteiger partial charge in [0.15, 0.2) is 10.8 Å². The Morgan fingerprint density at radius 3 is 2.67 bits per heavy atom. The van der Waals surface area contributed by atoms with Gasteiger partial charge < -0.3 is 15.3 Å². The minimum atomic E-state index is -1.29. The minimum Gasteiger partial charge on any atom is -0.477 e. The zero-order valence-electron chi connectivity index (χ0n) is 16.7. The van der Waals surface area contributed by atoms with Crippen LogP contribution in [-0.4, -0.2) is 50.6 Å². The lowest BCUT2D eigenvalue weighted by molar-refractivity contribution is -0.126. The van der Waals surface area contributed by atoms with E-state index in [2.05, 4.69) is 15.3 Å². The van der Waals surface area contributed by atoms with E-state index in [1.807, 2.05) is 18.7 Å². The summed E-state index contributed by atoms with van der Waals surface area (Å²) in [5.41, 5.74) is 0.0814. The molecular weight excluding hydrogens is 406 g/mol. The SMILES string of the molecule is Cc1cc(N2CC(C(=O)NC(C)C)C2)nc2c1c(=O)c(C(=O)O)cn2-c1nccs1. The molecule has 10 heteroatoms. The number of rotatable bonds is 5. The molecule has 3 aromatic heterocycles. The van der Waals surface area contributed by atoms with Gasteiger partial charge in [0.25, 0.3) is 0 Å². The zero-order valence-corrected chi connectivity index (χ0v) is 17.6. The molecule has 1 aliphatic rings. The van der Waals surface area contributed by atoms with Crippen molar-refractivity contribution < 1.29 is 14.7 Å². The van der Waals surface area contributed by atoms with Crippen molar-refractivity contribution in [1.29, 1.82) is 0 Å². The standard InChI is InChI=1S/C20H21N5O4S/c1-10(2)22-18(27)12-7-24(8-12)14-6-11(3)15-16(26)13(19(28)29)9-25(17(15)23-14)20-21-4-5-30-20/h4-6,9-10,12H,7-8H2,1-3H3,(H,22,27)(H,28,29). The third-order valence-corrected chi connectivity index (χ3v) is 5.78. The van der Waals surface area contributed by atoms with Crippen LogP contribution < -0.4 is 15.6 Å². The Labute approximate surface area is 176 Å². The monoisotopic (exact) mass is 427 g/mol. The molecule has 0 bridgehead atoms. The number of carboxylic acid groups (broad SMARTS) is 1. The first-order chi connectivity index (χ1) is 14.3. The number of carbonyl (C=O) groups excluding carboxylic acids is 1. The Balaban J connectivity index is 1.78. The van der Waals surface area contributed by atoms with Gasteiger partial charge in [0.05, 0.1) is 11.3 Å². The fraction of sp³-hybridized carbons (Fsp3) is 0.350. The molecule has 0 aliphatic carbocycles. The molecule has 4 rings (SSSR count). The van der Waals surface area contributed by atoms with Crippen LogP contribution in [0.15, 0.2) is 28.6 Å². The second-order valence-electron chi connectivity index (χ2n) is 7.62. The topological polar surface area (TPSA) is 117 Å². The first-order valence-corrected chi connectivity index (χ1v) is 10.4. The van der Waals surface area contributed by atoms with Crippen molar-refractivity contribution in [3.63, 3.8) is 0 Å². The van der Waals surface area contributed by atoms with Crippen LogP contribution in [-0.2, 0) is 4.79 Å². The van der Waals surface area contributed by atoms with E-state index >= 15 is 0 Å². The van der Waals surface area contributed by atoms with E-state index in [0.29, 0.717) is 35.2 Å². The van der Waals surface area contributed by atoms with E-state index in [1.165, 1.54) is 17.5 Å². The number of aryl methyl sites for hydroxylation is 1. The molecule has 9 nitrogen and oxygen atoms in total. The van der Waals surface area contributed by atoms with E-state index in [0.717, 1.165) is 0 Å². The quantitative estimate of drug-likeness (QED) is 0.638. The van der Waals surface area contributed by atoms with Crippen LogP contribution >= 0.6 is 11.3 Å². The molecule has 1 amide bonds. The number of aromatic carboxylic acids is 1. The summed E-state index contributed by atoms with van der Waals surface area (Å²) in [5.74, 6) is -0.746. The highest BCUT2D eigenvalue weighted by Crippen LogP contribution is 2.28. The van der Waals surface area contributed by atoms with Gasteiger partial charge in [-0.15, -0.1) is 11.3 Å². The molecule has 156 valence electrons. The van der Waals surface area contributed by atoms with Gasteiger partial charge in [-0.05, 0) is 32.4 Å². The van der Waals surface area contributed by atoms with Crippen molar-refractivity contribution in [2.45, 2.75) is 26.8 Å². The van der Waals surface area contributed by atoms with E-state index in [-0.39, 0.29) is 28.8 Å². The Bertz CT molecular complexity index is 1200. The maximum atomic E-state index is 12.8. The van der Waals surface area contributed by atoms with E-state index in [1.54, 1.807) is 29.1 Å². The molecule has 2 N–H and O–H groups in total. The number of nitrogens with zero attached hydrogens (tertiary/aromatic N) is 4. The minimum absolute atomic E-state index is 0.0181. The molecule has 30 heavy (non-hydrogen) atoms. The van der Waals surface area contributed by atoms with Crippen molar-refractivity contribution in [1.82, 2.24) is 19.9 Å². The van der Waals surface area contributed by atoms with Crippen molar-refractivity contribution in [2.24, 2.45) is 5.92 Å². The molecule has 0 atom stereocenters. The number of anilines is 1. The van der Waals surface area contributed by atoms with Crippen LogP contribution in [0.1, 0.15) is 29.8 Å². The van der Waals surface area contributed by atoms with Crippen molar-refractivity contribution in [2.75, 3.05) is 18.0 Å². The number of amides is 1. The molecule has 0 unspecified atom stereocenters. The maximum Gasteiger partial charge on any atom is 0.341 e. The van der Waals surface area contributed by atoms with Crippen molar-refractivity contribution >= 4 is 40.1 Å². The van der Waals surface area contributed by atoms with E-state index < -0.39 is 11.4 Å². The Morgan fingerprint density at radius 1 is 1.33 bits per heavy atom. The molecular formula is C20H21N5O4S. The molecule has 1 fully saturated rings. The van der Waals surface area contributed by atoms with Gasteiger partial charge in [-0.3, -0.25) is 14.2 Å². The number of carboxylic acids is 1. The summed E-state index contributed by atoms with van der Waals surface area (Å²) in [6, 6.07) is 1.85. The third-order valence-electron chi connectivity index (χ3n) is 5.01. The highest BCUT2D eigenvalue weighted by Gasteiger charge is 2.34.